The van der Waals surface area contributed by atoms with Crippen LogP contribution in [-0.2, 0) is 0 Å². The third kappa shape index (κ3) is 3.20. The molecule has 2 nitrogen and oxygen atoms in total. The molecule has 1 aromatic carbocycles. The summed E-state index contributed by atoms with van der Waals surface area (Å²) in [4.78, 5) is 0. The molecule has 1 aromatic rings. The van der Waals surface area contributed by atoms with Crippen LogP contribution in [-0.4, -0.2) is 17.8 Å². The molecule has 0 aliphatic carbocycles. The first-order valence-electron chi connectivity index (χ1n) is 4.66. The molecule has 0 radical (unpaired) electrons. The summed E-state index contributed by atoms with van der Waals surface area (Å²) in [5.74, 6) is 1.03. The zero-order valence-corrected chi connectivity index (χ0v) is 9.16. The van der Waals surface area contributed by atoms with E-state index in [0.29, 0.717) is 5.02 Å². The molecular weight excluding hydrogens is 200 g/mol. The number of hydrogen-bond donors (Lipinski definition) is 1. The predicted octanol–water partition coefficient (Wildman–Crippen LogP) is 2.74. The van der Waals surface area contributed by atoms with Crippen molar-refractivity contribution in [1.82, 2.24) is 0 Å². The Bertz CT molecular complexity index is 269. The molecule has 0 heterocycles. The number of aliphatic hydroxyl groups is 1. The largest absolute Gasteiger partial charge is 0.488 e. The Kier molecular flexibility index (Phi) is 4.23. The van der Waals surface area contributed by atoms with Gasteiger partial charge in [-0.1, -0.05) is 25.4 Å². The van der Waals surface area contributed by atoms with Gasteiger partial charge in [0, 0.05) is 5.02 Å². The Labute approximate surface area is 89.5 Å². The molecule has 0 amide bonds. The van der Waals surface area contributed by atoms with Crippen LogP contribution in [0.25, 0.3) is 0 Å². The molecule has 1 atom stereocenters. The van der Waals surface area contributed by atoms with Crippen molar-refractivity contribution >= 4 is 11.6 Å². The highest BCUT2D eigenvalue weighted by molar-refractivity contribution is 6.30. The van der Waals surface area contributed by atoms with E-state index in [0.717, 1.165) is 5.75 Å². The van der Waals surface area contributed by atoms with Gasteiger partial charge in [-0.15, -0.1) is 0 Å². The Balaban J connectivity index is 2.63. The summed E-state index contributed by atoms with van der Waals surface area (Å²) < 4.78 is 5.57. The van der Waals surface area contributed by atoms with Crippen molar-refractivity contribution in [3.05, 3.63) is 29.3 Å². The van der Waals surface area contributed by atoms with E-state index in [4.69, 9.17) is 21.4 Å². The molecule has 0 saturated heterocycles. The predicted molar refractivity (Wildman–Crippen MR) is 57.8 cm³/mol. The van der Waals surface area contributed by atoms with Gasteiger partial charge in [0.15, 0.2) is 0 Å². The fraction of sp³-hybridized carbons (Fsp3) is 0.455. The Morgan fingerprint density at radius 2 is 1.86 bits per heavy atom. The second-order valence-electron chi connectivity index (χ2n) is 3.54. The van der Waals surface area contributed by atoms with E-state index in [9.17, 15) is 0 Å². The zero-order valence-electron chi connectivity index (χ0n) is 8.40. The third-order valence-electron chi connectivity index (χ3n) is 2.02. The van der Waals surface area contributed by atoms with Crippen LogP contribution in [0.1, 0.15) is 13.8 Å². The van der Waals surface area contributed by atoms with Gasteiger partial charge in [-0.25, -0.2) is 0 Å². The second-order valence-corrected chi connectivity index (χ2v) is 3.97. The van der Waals surface area contributed by atoms with Gasteiger partial charge in [-0.3, -0.25) is 0 Å². The first-order chi connectivity index (χ1) is 6.63. The highest BCUT2D eigenvalue weighted by Gasteiger charge is 2.13. The summed E-state index contributed by atoms with van der Waals surface area (Å²) in [6.45, 7) is 4.05. The molecule has 3 heteroatoms. The average Bonchev–Trinajstić information content (AvgIpc) is 2.16. The van der Waals surface area contributed by atoms with E-state index >= 15 is 0 Å². The smallest absolute Gasteiger partial charge is 0.124 e. The van der Waals surface area contributed by atoms with Gasteiger partial charge in [0.05, 0.1) is 6.61 Å². The van der Waals surface area contributed by atoms with Crippen LogP contribution in [0.5, 0.6) is 5.75 Å². The van der Waals surface area contributed by atoms with Crippen molar-refractivity contribution in [1.29, 1.82) is 0 Å². The summed E-state index contributed by atoms with van der Waals surface area (Å²) in [5, 5.41) is 9.74. The van der Waals surface area contributed by atoms with E-state index in [1.165, 1.54) is 0 Å². The van der Waals surface area contributed by atoms with E-state index in [-0.39, 0.29) is 18.6 Å². The van der Waals surface area contributed by atoms with Crippen LogP contribution in [0.3, 0.4) is 0 Å². The Hall–Kier alpha value is -0.730. The maximum absolute atomic E-state index is 9.06. The maximum atomic E-state index is 9.06. The summed E-state index contributed by atoms with van der Waals surface area (Å²) in [6.07, 6.45) is -0.156. The quantitative estimate of drug-likeness (QED) is 0.835. The van der Waals surface area contributed by atoms with Gasteiger partial charge in [-0.2, -0.15) is 0 Å². The van der Waals surface area contributed by atoms with Gasteiger partial charge < -0.3 is 9.84 Å². The molecule has 0 bridgehead atoms. The first kappa shape index (κ1) is 11.3. The SMILES string of the molecule is CC(C)C(CO)Oc1ccc(Cl)cc1. The first-order valence-corrected chi connectivity index (χ1v) is 5.04. The molecule has 0 aliphatic rings. The fourth-order valence-corrected chi connectivity index (χ4v) is 1.20. The molecule has 0 spiro atoms. The minimum absolute atomic E-state index is 0.0281. The number of halogens is 1. The topological polar surface area (TPSA) is 29.5 Å². The van der Waals surface area contributed by atoms with Crippen LogP contribution in [0.15, 0.2) is 24.3 Å². The summed E-state index contributed by atoms with van der Waals surface area (Å²) >= 11 is 5.74. The lowest BCUT2D eigenvalue weighted by atomic mass is 10.1. The van der Waals surface area contributed by atoms with Crippen LogP contribution < -0.4 is 4.74 Å². The van der Waals surface area contributed by atoms with E-state index in [1.807, 2.05) is 13.8 Å². The number of hydrogen-bond acceptors (Lipinski definition) is 2. The van der Waals surface area contributed by atoms with Crippen molar-refractivity contribution in [2.24, 2.45) is 5.92 Å². The summed E-state index contributed by atoms with van der Waals surface area (Å²) in [5.41, 5.74) is 0. The van der Waals surface area contributed by atoms with E-state index in [2.05, 4.69) is 0 Å². The van der Waals surface area contributed by atoms with Gasteiger partial charge in [0.2, 0.25) is 0 Å². The number of benzene rings is 1. The molecule has 0 saturated carbocycles. The van der Waals surface area contributed by atoms with Crippen molar-refractivity contribution in [2.45, 2.75) is 20.0 Å². The molecule has 0 aliphatic heterocycles. The number of aliphatic hydroxyl groups excluding tert-OH is 1. The van der Waals surface area contributed by atoms with Crippen LogP contribution in [0, 0.1) is 5.92 Å². The Morgan fingerprint density at radius 3 is 2.29 bits per heavy atom. The minimum atomic E-state index is -0.156. The Morgan fingerprint density at radius 1 is 1.29 bits per heavy atom. The third-order valence-corrected chi connectivity index (χ3v) is 2.28. The van der Waals surface area contributed by atoms with Gasteiger partial charge in [0.25, 0.3) is 0 Å². The van der Waals surface area contributed by atoms with Crippen molar-refractivity contribution in [3.63, 3.8) is 0 Å². The highest BCUT2D eigenvalue weighted by Crippen LogP contribution is 2.18. The zero-order chi connectivity index (χ0) is 10.6. The normalized spacial score (nSPS) is 12.9. The minimum Gasteiger partial charge on any atom is -0.488 e. The van der Waals surface area contributed by atoms with Crippen molar-refractivity contribution in [2.75, 3.05) is 6.61 Å². The molecule has 78 valence electrons. The van der Waals surface area contributed by atoms with Crippen molar-refractivity contribution < 1.29 is 9.84 Å². The molecule has 14 heavy (non-hydrogen) atoms. The van der Waals surface area contributed by atoms with Crippen LogP contribution in [0.4, 0.5) is 0 Å². The molecular formula is C11H15ClO2. The average molecular weight is 215 g/mol. The molecule has 0 fully saturated rings. The lowest BCUT2D eigenvalue weighted by molar-refractivity contribution is 0.0801. The summed E-state index contributed by atoms with van der Waals surface area (Å²) in [7, 11) is 0. The lowest BCUT2D eigenvalue weighted by Crippen LogP contribution is -2.27. The van der Waals surface area contributed by atoms with Gasteiger partial charge in [0.1, 0.15) is 11.9 Å². The molecule has 1 rings (SSSR count). The fourth-order valence-electron chi connectivity index (χ4n) is 1.07. The highest BCUT2D eigenvalue weighted by atomic mass is 35.5. The molecule has 0 aromatic heterocycles. The monoisotopic (exact) mass is 214 g/mol. The van der Waals surface area contributed by atoms with Crippen LogP contribution >= 0.6 is 11.6 Å². The van der Waals surface area contributed by atoms with E-state index < -0.39 is 0 Å². The maximum Gasteiger partial charge on any atom is 0.124 e. The molecule has 1 unspecified atom stereocenters. The number of rotatable bonds is 4. The number of ether oxygens (including phenoxy) is 1. The van der Waals surface area contributed by atoms with E-state index in [1.54, 1.807) is 24.3 Å². The summed E-state index contributed by atoms with van der Waals surface area (Å²) in [6, 6.07) is 7.14. The van der Waals surface area contributed by atoms with Crippen molar-refractivity contribution in [3.8, 4) is 5.75 Å². The van der Waals surface area contributed by atoms with Gasteiger partial charge >= 0.3 is 0 Å². The molecule has 1 N–H and O–H groups in total. The lowest BCUT2D eigenvalue weighted by Gasteiger charge is -2.20. The van der Waals surface area contributed by atoms with Crippen LogP contribution in [0.2, 0.25) is 5.02 Å². The standard InChI is InChI=1S/C11H15ClO2/c1-8(2)11(7-13)14-10-5-3-9(12)4-6-10/h3-6,8,11,13H,7H2,1-2H3. The van der Waals surface area contributed by atoms with Gasteiger partial charge in [-0.05, 0) is 30.2 Å². The second kappa shape index (κ2) is 5.23.